The maximum Gasteiger partial charge on any atom is 0.417 e. The van der Waals surface area contributed by atoms with Crippen molar-refractivity contribution in [2.45, 2.75) is 11.1 Å². The molecule has 0 saturated heterocycles. The van der Waals surface area contributed by atoms with Crippen molar-refractivity contribution >= 4 is 10.0 Å². The first-order chi connectivity index (χ1) is 14.6. The summed E-state index contributed by atoms with van der Waals surface area (Å²) in [7, 11) is -4.84. The third-order valence-corrected chi connectivity index (χ3v) is 5.41. The van der Waals surface area contributed by atoms with Crippen LogP contribution in [0.15, 0.2) is 52.3 Å². The Balaban J connectivity index is 1.98. The van der Waals surface area contributed by atoms with Crippen molar-refractivity contribution in [2.75, 3.05) is 0 Å². The number of aromatic nitrogens is 6. The van der Waals surface area contributed by atoms with Crippen LogP contribution in [0, 0.1) is 0 Å². The number of sulfonamides is 1. The quantitative estimate of drug-likeness (QED) is 0.370. The van der Waals surface area contributed by atoms with Crippen molar-refractivity contribution < 1.29 is 21.6 Å². The van der Waals surface area contributed by atoms with Crippen molar-refractivity contribution in [3.05, 3.63) is 58.6 Å². The summed E-state index contributed by atoms with van der Waals surface area (Å²) in [5.41, 5.74) is -0.727. The van der Waals surface area contributed by atoms with Gasteiger partial charge in [0.25, 0.3) is 0 Å². The SMILES string of the molecule is NS(=O)(=O)c1c(C(F)(F)F)ccc(-c2ccc(-c3c[nH]c(=O)[nH]3)cc2)c1-c1nn[nH]n1. The van der Waals surface area contributed by atoms with E-state index in [-0.39, 0.29) is 11.4 Å². The van der Waals surface area contributed by atoms with Gasteiger partial charge in [0.15, 0.2) is 0 Å². The first-order valence-corrected chi connectivity index (χ1v) is 9.99. The van der Waals surface area contributed by atoms with Gasteiger partial charge in [0.2, 0.25) is 15.8 Å². The van der Waals surface area contributed by atoms with Crippen molar-refractivity contribution in [1.29, 1.82) is 0 Å². The zero-order chi connectivity index (χ0) is 22.4. The Morgan fingerprint density at radius 1 is 1.00 bits per heavy atom. The van der Waals surface area contributed by atoms with E-state index in [0.717, 1.165) is 6.07 Å². The molecule has 0 aliphatic heterocycles. The lowest BCUT2D eigenvalue weighted by Gasteiger charge is -2.17. The highest BCUT2D eigenvalue weighted by Gasteiger charge is 2.39. The first kappa shape index (κ1) is 20.5. The van der Waals surface area contributed by atoms with E-state index in [0.29, 0.717) is 22.9 Å². The molecule has 14 heteroatoms. The standard InChI is InChI=1S/C17H12F3N7O3S/c18-17(19,20)11-6-5-10(13(14(11)31(21,29)30)15-24-26-27-25-15)8-1-3-9(4-2-8)12-7-22-16(28)23-12/h1-7H,(H2,21,29,30)(H2,22,23,28)(H,24,25,26,27). The molecule has 2 aromatic carbocycles. The number of nitrogens with one attached hydrogen (secondary N) is 3. The lowest BCUT2D eigenvalue weighted by Crippen LogP contribution is -2.21. The van der Waals surface area contributed by atoms with Crippen LogP contribution in [0.3, 0.4) is 0 Å². The summed E-state index contributed by atoms with van der Waals surface area (Å²) in [5, 5.41) is 17.9. The Labute approximate surface area is 171 Å². The molecule has 0 bridgehead atoms. The summed E-state index contributed by atoms with van der Waals surface area (Å²) in [6.45, 7) is 0. The highest BCUT2D eigenvalue weighted by atomic mass is 32.2. The second-order valence-corrected chi connectivity index (χ2v) is 7.88. The maximum absolute atomic E-state index is 13.6. The number of primary sulfonamides is 1. The number of aromatic amines is 3. The van der Waals surface area contributed by atoms with Crippen molar-refractivity contribution in [2.24, 2.45) is 5.14 Å². The van der Waals surface area contributed by atoms with Gasteiger partial charge in [-0.3, -0.25) is 0 Å². The van der Waals surface area contributed by atoms with Crippen LogP contribution >= 0.6 is 0 Å². The molecule has 0 saturated carbocycles. The van der Waals surface area contributed by atoms with Gasteiger partial charge < -0.3 is 9.97 Å². The molecule has 0 spiro atoms. The predicted molar refractivity (Wildman–Crippen MR) is 102 cm³/mol. The summed E-state index contributed by atoms with van der Waals surface area (Å²) in [4.78, 5) is 15.2. The number of rotatable bonds is 4. The van der Waals surface area contributed by atoms with Crippen LogP contribution in [0.25, 0.3) is 33.8 Å². The molecule has 0 radical (unpaired) electrons. The van der Waals surface area contributed by atoms with Crippen LogP contribution in [-0.2, 0) is 16.2 Å². The number of nitrogens with zero attached hydrogens (tertiary/aromatic N) is 3. The Bertz CT molecular complexity index is 1410. The normalized spacial score (nSPS) is 12.3. The van der Waals surface area contributed by atoms with Crippen LogP contribution in [0.4, 0.5) is 13.2 Å². The number of hydrogen-bond acceptors (Lipinski definition) is 6. The van der Waals surface area contributed by atoms with Crippen LogP contribution in [0.2, 0.25) is 0 Å². The lowest BCUT2D eigenvalue weighted by molar-refractivity contribution is -0.139. The third kappa shape index (κ3) is 3.85. The van der Waals surface area contributed by atoms with Gasteiger partial charge in [0.05, 0.1) is 16.8 Å². The number of halogens is 3. The highest BCUT2D eigenvalue weighted by molar-refractivity contribution is 7.89. The molecule has 2 heterocycles. The lowest BCUT2D eigenvalue weighted by atomic mass is 9.95. The van der Waals surface area contributed by atoms with Gasteiger partial charge in [-0.2, -0.15) is 18.4 Å². The molecule has 0 amide bonds. The third-order valence-electron chi connectivity index (χ3n) is 4.42. The molecule has 5 N–H and O–H groups in total. The monoisotopic (exact) mass is 451 g/mol. The average Bonchev–Trinajstić information content (AvgIpc) is 3.37. The molecular formula is C17H12F3N7O3S. The number of imidazole rings is 1. The molecule has 4 aromatic rings. The van der Waals surface area contributed by atoms with Gasteiger partial charge in [-0.25, -0.2) is 18.4 Å². The van der Waals surface area contributed by atoms with E-state index in [9.17, 15) is 26.4 Å². The van der Waals surface area contributed by atoms with E-state index in [4.69, 9.17) is 5.14 Å². The zero-order valence-corrected chi connectivity index (χ0v) is 16.0. The number of H-pyrrole nitrogens is 3. The second-order valence-electron chi connectivity index (χ2n) is 6.38. The Morgan fingerprint density at radius 3 is 2.19 bits per heavy atom. The Morgan fingerprint density at radius 2 is 1.68 bits per heavy atom. The minimum absolute atomic E-state index is 0.0903. The molecular weight excluding hydrogens is 439 g/mol. The van der Waals surface area contributed by atoms with E-state index in [1.54, 1.807) is 24.3 Å². The number of benzene rings is 2. The van der Waals surface area contributed by atoms with Gasteiger partial charge in [-0.15, -0.1) is 10.2 Å². The molecule has 2 aromatic heterocycles. The average molecular weight is 451 g/mol. The molecule has 160 valence electrons. The van der Waals surface area contributed by atoms with E-state index in [2.05, 4.69) is 30.6 Å². The number of nitrogens with two attached hydrogens (primary N) is 1. The van der Waals surface area contributed by atoms with Crippen LogP contribution in [0.1, 0.15) is 5.56 Å². The molecule has 4 rings (SSSR count). The van der Waals surface area contributed by atoms with Gasteiger partial charge >= 0.3 is 11.9 Å². The van der Waals surface area contributed by atoms with Crippen LogP contribution in [-0.4, -0.2) is 39.0 Å². The Hall–Kier alpha value is -3.78. The van der Waals surface area contributed by atoms with Gasteiger partial charge in [0.1, 0.15) is 4.90 Å². The van der Waals surface area contributed by atoms with Crippen molar-refractivity contribution in [3.63, 3.8) is 0 Å². The predicted octanol–water partition coefficient (Wildman–Crippen LogP) is 1.88. The fraction of sp³-hybridized carbons (Fsp3) is 0.0588. The molecule has 31 heavy (non-hydrogen) atoms. The van der Waals surface area contributed by atoms with E-state index in [1.807, 2.05) is 0 Å². The zero-order valence-electron chi connectivity index (χ0n) is 15.2. The summed E-state index contributed by atoms with van der Waals surface area (Å²) < 4.78 is 65.1. The summed E-state index contributed by atoms with van der Waals surface area (Å²) in [5.74, 6) is -0.371. The Kier molecular flexibility index (Phi) is 4.74. The molecule has 0 aliphatic rings. The molecule has 0 fully saturated rings. The fourth-order valence-corrected chi connectivity index (χ4v) is 4.12. The number of hydrogen-bond donors (Lipinski definition) is 4. The largest absolute Gasteiger partial charge is 0.417 e. The molecule has 0 aliphatic carbocycles. The van der Waals surface area contributed by atoms with Gasteiger partial charge in [-0.1, -0.05) is 30.3 Å². The molecule has 0 unspecified atom stereocenters. The summed E-state index contributed by atoms with van der Waals surface area (Å²) in [6, 6.07) is 8.03. The minimum Gasteiger partial charge on any atom is -0.312 e. The number of tetrazole rings is 1. The van der Waals surface area contributed by atoms with Gasteiger partial charge in [-0.05, 0) is 28.0 Å². The first-order valence-electron chi connectivity index (χ1n) is 8.45. The smallest absolute Gasteiger partial charge is 0.312 e. The fourth-order valence-electron chi connectivity index (χ4n) is 3.15. The summed E-state index contributed by atoms with van der Waals surface area (Å²) >= 11 is 0. The molecule has 10 nitrogen and oxygen atoms in total. The summed E-state index contributed by atoms with van der Waals surface area (Å²) in [6.07, 6.45) is -3.54. The van der Waals surface area contributed by atoms with Crippen molar-refractivity contribution in [3.8, 4) is 33.8 Å². The number of alkyl halides is 3. The maximum atomic E-state index is 13.6. The van der Waals surface area contributed by atoms with E-state index in [1.165, 1.54) is 6.20 Å². The van der Waals surface area contributed by atoms with Crippen LogP contribution in [0.5, 0.6) is 0 Å². The topological polar surface area (TPSA) is 163 Å². The van der Waals surface area contributed by atoms with Crippen molar-refractivity contribution in [1.82, 2.24) is 30.6 Å². The minimum atomic E-state index is -5.00. The molecule has 0 atom stereocenters. The second kappa shape index (κ2) is 7.17. The van der Waals surface area contributed by atoms with Gasteiger partial charge in [0, 0.05) is 6.20 Å². The van der Waals surface area contributed by atoms with Crippen LogP contribution < -0.4 is 10.8 Å². The van der Waals surface area contributed by atoms with E-state index >= 15 is 0 Å². The van der Waals surface area contributed by atoms with E-state index < -0.39 is 37.9 Å². The highest BCUT2D eigenvalue weighted by Crippen LogP contribution is 2.43.